The molecule has 0 atom stereocenters. The van der Waals surface area contributed by atoms with Gasteiger partial charge in [-0.15, -0.1) is 0 Å². The van der Waals surface area contributed by atoms with Gasteiger partial charge in [-0.3, -0.25) is 9.69 Å². The Morgan fingerprint density at radius 1 is 1.10 bits per heavy atom. The van der Waals surface area contributed by atoms with E-state index in [2.05, 4.69) is 36.1 Å². The summed E-state index contributed by atoms with van der Waals surface area (Å²) in [5, 5.41) is 0. The van der Waals surface area contributed by atoms with Crippen LogP contribution >= 0.6 is 0 Å². The van der Waals surface area contributed by atoms with E-state index in [1.807, 2.05) is 11.9 Å². The van der Waals surface area contributed by atoms with Crippen LogP contribution in [0.25, 0.3) is 0 Å². The summed E-state index contributed by atoms with van der Waals surface area (Å²) in [4.78, 5) is 16.4. The normalized spacial score (nSPS) is 16.7. The minimum Gasteiger partial charge on any atom is -0.340 e. The lowest BCUT2D eigenvalue weighted by atomic mass is 10.1. The molecule has 0 aliphatic carbocycles. The molecule has 1 aromatic carbocycles. The number of carbonyl (C=O) groups excluding carboxylic acids is 1. The molecule has 0 N–H and O–H groups in total. The summed E-state index contributed by atoms with van der Waals surface area (Å²) in [6.45, 7) is 5.50. The van der Waals surface area contributed by atoms with E-state index in [1.54, 1.807) is 0 Å². The van der Waals surface area contributed by atoms with Crippen molar-refractivity contribution in [1.29, 1.82) is 0 Å². The molecule has 0 radical (unpaired) electrons. The lowest BCUT2D eigenvalue weighted by molar-refractivity contribution is -0.131. The van der Waals surface area contributed by atoms with Gasteiger partial charge in [0.25, 0.3) is 0 Å². The molecule has 1 aliphatic rings. The van der Waals surface area contributed by atoms with Gasteiger partial charge in [0.2, 0.25) is 5.91 Å². The van der Waals surface area contributed by atoms with Crippen LogP contribution in [0, 0.1) is 6.92 Å². The smallest absolute Gasteiger partial charge is 0.236 e. The first-order valence-electron chi connectivity index (χ1n) is 7.67. The molecule has 1 heterocycles. The van der Waals surface area contributed by atoms with Gasteiger partial charge in [0.15, 0.2) is 0 Å². The van der Waals surface area contributed by atoms with Crippen molar-refractivity contribution in [3.63, 3.8) is 0 Å². The largest absolute Gasteiger partial charge is 0.340 e. The molecule has 0 aromatic heterocycles. The predicted molar refractivity (Wildman–Crippen MR) is 82.6 cm³/mol. The number of amides is 1. The molecule has 110 valence electrons. The van der Waals surface area contributed by atoms with Gasteiger partial charge in [-0.25, -0.2) is 0 Å². The first-order chi connectivity index (χ1) is 9.65. The number of hydrogen-bond acceptors (Lipinski definition) is 2. The van der Waals surface area contributed by atoms with E-state index in [1.165, 1.54) is 36.8 Å². The lowest BCUT2D eigenvalue weighted by Gasteiger charge is -2.23. The molecule has 0 unspecified atom stereocenters. The first-order valence-corrected chi connectivity index (χ1v) is 7.67. The van der Waals surface area contributed by atoms with Crippen LogP contribution < -0.4 is 0 Å². The van der Waals surface area contributed by atoms with Crippen LogP contribution in [0.2, 0.25) is 0 Å². The topological polar surface area (TPSA) is 23.6 Å². The highest BCUT2D eigenvalue weighted by molar-refractivity contribution is 5.78. The fraction of sp³-hybridized carbons (Fsp3) is 0.588. The van der Waals surface area contributed by atoms with Crippen LogP contribution in [-0.2, 0) is 11.3 Å². The predicted octanol–water partition coefficient (Wildman–Crippen LogP) is 2.83. The SMILES string of the molecule is Cc1ccc(CN(C)C(=O)CN2CCCCCC2)cc1. The van der Waals surface area contributed by atoms with E-state index < -0.39 is 0 Å². The van der Waals surface area contributed by atoms with Crippen molar-refractivity contribution < 1.29 is 4.79 Å². The van der Waals surface area contributed by atoms with Crippen LogP contribution in [0.15, 0.2) is 24.3 Å². The van der Waals surface area contributed by atoms with E-state index >= 15 is 0 Å². The van der Waals surface area contributed by atoms with Crippen LogP contribution in [-0.4, -0.2) is 42.4 Å². The van der Waals surface area contributed by atoms with Gasteiger partial charge in [-0.05, 0) is 38.4 Å². The molecule has 1 aromatic rings. The van der Waals surface area contributed by atoms with E-state index in [4.69, 9.17) is 0 Å². The first kappa shape index (κ1) is 15.0. The van der Waals surface area contributed by atoms with Crippen LogP contribution in [0.4, 0.5) is 0 Å². The summed E-state index contributed by atoms with van der Waals surface area (Å²) in [5.41, 5.74) is 2.45. The third-order valence-electron chi connectivity index (χ3n) is 4.02. The van der Waals surface area contributed by atoms with Crippen molar-refractivity contribution in [2.75, 3.05) is 26.7 Å². The lowest BCUT2D eigenvalue weighted by Crippen LogP contribution is -2.38. The molecular formula is C17H26N2O. The summed E-state index contributed by atoms with van der Waals surface area (Å²) in [6, 6.07) is 8.40. The Balaban J connectivity index is 1.83. The number of benzene rings is 1. The number of likely N-dealkylation sites (tertiary alicyclic amines) is 1. The minimum absolute atomic E-state index is 0.229. The monoisotopic (exact) mass is 274 g/mol. The van der Waals surface area contributed by atoms with Crippen LogP contribution in [0.3, 0.4) is 0 Å². The molecule has 2 rings (SSSR count). The molecule has 1 aliphatic heterocycles. The quantitative estimate of drug-likeness (QED) is 0.843. The van der Waals surface area contributed by atoms with Gasteiger partial charge >= 0.3 is 0 Å². The maximum atomic E-state index is 12.3. The highest BCUT2D eigenvalue weighted by Gasteiger charge is 2.15. The van der Waals surface area contributed by atoms with Crippen molar-refractivity contribution in [3.8, 4) is 0 Å². The number of carbonyl (C=O) groups is 1. The van der Waals surface area contributed by atoms with Gasteiger partial charge in [0, 0.05) is 13.6 Å². The maximum absolute atomic E-state index is 12.3. The van der Waals surface area contributed by atoms with Crippen LogP contribution in [0.5, 0.6) is 0 Å². The fourth-order valence-electron chi connectivity index (χ4n) is 2.66. The average molecular weight is 274 g/mol. The third-order valence-corrected chi connectivity index (χ3v) is 4.02. The second kappa shape index (κ2) is 7.44. The molecule has 1 amide bonds. The molecule has 0 spiro atoms. The molecule has 1 saturated heterocycles. The highest BCUT2D eigenvalue weighted by atomic mass is 16.2. The molecule has 0 saturated carbocycles. The second-order valence-electron chi connectivity index (χ2n) is 5.93. The van der Waals surface area contributed by atoms with Crippen LogP contribution in [0.1, 0.15) is 36.8 Å². The van der Waals surface area contributed by atoms with Gasteiger partial charge in [0.1, 0.15) is 0 Å². The summed E-state index contributed by atoms with van der Waals surface area (Å²) in [6.07, 6.45) is 5.08. The zero-order valence-corrected chi connectivity index (χ0v) is 12.8. The summed E-state index contributed by atoms with van der Waals surface area (Å²) >= 11 is 0. The summed E-state index contributed by atoms with van der Waals surface area (Å²) in [5.74, 6) is 0.229. The van der Waals surface area contributed by atoms with E-state index in [-0.39, 0.29) is 5.91 Å². The Morgan fingerprint density at radius 3 is 2.30 bits per heavy atom. The van der Waals surface area contributed by atoms with Gasteiger partial charge < -0.3 is 4.90 Å². The van der Waals surface area contributed by atoms with Gasteiger partial charge in [-0.1, -0.05) is 42.7 Å². The van der Waals surface area contributed by atoms with Crippen molar-refractivity contribution in [2.45, 2.75) is 39.2 Å². The van der Waals surface area contributed by atoms with Gasteiger partial charge in [-0.2, -0.15) is 0 Å². The number of nitrogens with zero attached hydrogens (tertiary/aromatic N) is 2. The Bertz CT molecular complexity index is 419. The molecule has 1 fully saturated rings. The zero-order chi connectivity index (χ0) is 14.4. The van der Waals surface area contributed by atoms with E-state index in [0.717, 1.165) is 13.1 Å². The zero-order valence-electron chi connectivity index (χ0n) is 12.8. The Kier molecular flexibility index (Phi) is 5.60. The third kappa shape index (κ3) is 4.64. The fourth-order valence-corrected chi connectivity index (χ4v) is 2.66. The molecule has 3 nitrogen and oxygen atoms in total. The molecule has 0 bridgehead atoms. The number of aryl methyl sites for hydroxylation is 1. The van der Waals surface area contributed by atoms with E-state index in [0.29, 0.717) is 13.1 Å². The second-order valence-corrected chi connectivity index (χ2v) is 5.93. The van der Waals surface area contributed by atoms with Crippen molar-refractivity contribution >= 4 is 5.91 Å². The minimum atomic E-state index is 0.229. The van der Waals surface area contributed by atoms with Crippen molar-refractivity contribution in [1.82, 2.24) is 9.80 Å². The average Bonchev–Trinajstić information content (AvgIpc) is 2.70. The highest BCUT2D eigenvalue weighted by Crippen LogP contribution is 2.10. The Labute approximate surface area is 122 Å². The van der Waals surface area contributed by atoms with Crippen molar-refractivity contribution in [2.24, 2.45) is 0 Å². The number of likely N-dealkylation sites (N-methyl/N-ethyl adjacent to an activating group) is 1. The molecule has 20 heavy (non-hydrogen) atoms. The standard InChI is InChI=1S/C17H26N2O/c1-15-7-9-16(10-8-15)13-18(2)17(20)14-19-11-5-3-4-6-12-19/h7-10H,3-6,11-14H2,1-2H3. The van der Waals surface area contributed by atoms with Gasteiger partial charge in [0.05, 0.1) is 6.54 Å². The summed E-state index contributed by atoms with van der Waals surface area (Å²) in [7, 11) is 1.90. The number of hydrogen-bond donors (Lipinski definition) is 0. The number of rotatable bonds is 4. The van der Waals surface area contributed by atoms with Crippen molar-refractivity contribution in [3.05, 3.63) is 35.4 Å². The Morgan fingerprint density at radius 2 is 1.70 bits per heavy atom. The Hall–Kier alpha value is -1.35. The van der Waals surface area contributed by atoms with E-state index in [9.17, 15) is 4.79 Å². The maximum Gasteiger partial charge on any atom is 0.236 e. The summed E-state index contributed by atoms with van der Waals surface area (Å²) < 4.78 is 0. The molecular weight excluding hydrogens is 248 g/mol. The molecule has 3 heteroatoms.